The van der Waals surface area contributed by atoms with Gasteiger partial charge >= 0.3 is 0 Å². The Balaban J connectivity index is 1.59. The predicted molar refractivity (Wildman–Crippen MR) is 130 cm³/mol. The zero-order valence-corrected chi connectivity index (χ0v) is 18.3. The maximum absolute atomic E-state index is 11.7. The molecule has 0 bridgehead atoms. The van der Waals surface area contributed by atoms with Gasteiger partial charge in [0.25, 0.3) is 5.91 Å². The fraction of sp³-hybridized carbons (Fsp3) is 0.222. The summed E-state index contributed by atoms with van der Waals surface area (Å²) in [6.45, 7) is 0.992. The predicted octanol–water partition coefficient (Wildman–Crippen LogP) is 4.16. The number of benzene rings is 2. The smallest absolute Gasteiger partial charge is 0.295 e. The molecular weight excluding hydrogens is 410 g/mol. The number of terminal acetylenes is 1. The van der Waals surface area contributed by atoms with Crippen molar-refractivity contribution >= 4 is 22.6 Å². The summed E-state index contributed by atoms with van der Waals surface area (Å²) in [7, 11) is 0. The van der Waals surface area contributed by atoms with E-state index in [2.05, 4.69) is 28.7 Å². The Bertz CT molecular complexity index is 1350. The molecule has 0 aliphatic heterocycles. The van der Waals surface area contributed by atoms with Crippen molar-refractivity contribution < 1.29 is 4.79 Å². The Kier molecular flexibility index (Phi) is 5.77. The maximum Gasteiger partial charge on any atom is 0.295 e. The van der Waals surface area contributed by atoms with Crippen LogP contribution in [0, 0.1) is 12.3 Å². The molecule has 2 aromatic carbocycles. The minimum absolute atomic E-state index is 0.297. The lowest BCUT2D eigenvalue weighted by atomic mass is 9.96. The maximum atomic E-state index is 11.7. The molecule has 2 heterocycles. The van der Waals surface area contributed by atoms with Crippen LogP contribution < -0.4 is 10.6 Å². The topological polar surface area (TPSA) is 71.8 Å². The first-order valence-electron chi connectivity index (χ1n) is 11.2. The van der Waals surface area contributed by atoms with Crippen molar-refractivity contribution in [3.05, 3.63) is 83.2 Å². The standard InChI is InChI=1S/C27H25N5O/c1-2-25(33)28-18-21-16-20-12-6-9-15-24(20)32(21)27-30-23-14-8-7-13-22(23)26(31-27)29-17-19-10-4-3-5-11-19/h1,3-6,9-12,15-16H,7-8,13-14,17-18H2,(H,28,33)(H,29,30,31). The third kappa shape index (κ3) is 4.31. The van der Waals surface area contributed by atoms with Crippen molar-refractivity contribution in [2.45, 2.75) is 38.8 Å². The first-order valence-corrected chi connectivity index (χ1v) is 11.2. The van der Waals surface area contributed by atoms with Crippen LogP contribution in [-0.2, 0) is 30.7 Å². The molecule has 0 atom stereocenters. The molecule has 0 unspecified atom stereocenters. The van der Waals surface area contributed by atoms with Gasteiger partial charge in [-0.25, -0.2) is 4.98 Å². The van der Waals surface area contributed by atoms with Gasteiger partial charge in [0, 0.05) is 23.2 Å². The summed E-state index contributed by atoms with van der Waals surface area (Å²) in [5.74, 6) is 3.16. The van der Waals surface area contributed by atoms with Crippen molar-refractivity contribution in [3.8, 4) is 18.3 Å². The van der Waals surface area contributed by atoms with Gasteiger partial charge in [0.1, 0.15) is 5.82 Å². The van der Waals surface area contributed by atoms with Gasteiger partial charge < -0.3 is 10.6 Å². The second-order valence-electron chi connectivity index (χ2n) is 8.20. The van der Waals surface area contributed by atoms with Gasteiger partial charge in [0.2, 0.25) is 5.95 Å². The van der Waals surface area contributed by atoms with Crippen molar-refractivity contribution in [2.24, 2.45) is 0 Å². The number of rotatable bonds is 6. The molecule has 1 aliphatic carbocycles. The normalized spacial score (nSPS) is 12.7. The van der Waals surface area contributed by atoms with Crippen LogP contribution in [0.3, 0.4) is 0 Å². The van der Waals surface area contributed by atoms with E-state index in [1.165, 1.54) is 11.1 Å². The van der Waals surface area contributed by atoms with Gasteiger partial charge in [-0.1, -0.05) is 48.5 Å². The third-order valence-electron chi connectivity index (χ3n) is 6.02. The molecule has 6 heteroatoms. The number of para-hydroxylation sites is 1. The lowest BCUT2D eigenvalue weighted by Crippen LogP contribution is -2.23. The number of aryl methyl sites for hydroxylation is 1. The van der Waals surface area contributed by atoms with Crippen molar-refractivity contribution in [1.82, 2.24) is 19.9 Å². The van der Waals surface area contributed by atoms with Gasteiger partial charge in [-0.2, -0.15) is 4.98 Å². The average molecular weight is 436 g/mol. The van der Waals surface area contributed by atoms with Crippen LogP contribution >= 0.6 is 0 Å². The number of hydrogen-bond donors (Lipinski definition) is 2. The SMILES string of the molecule is C#CC(=O)NCc1cc2ccccc2n1-c1nc2c(c(NCc3ccccc3)n1)CCCC2. The molecule has 2 N–H and O–H groups in total. The molecule has 0 saturated heterocycles. The molecule has 6 nitrogen and oxygen atoms in total. The summed E-state index contributed by atoms with van der Waals surface area (Å²) in [6.07, 6.45) is 9.42. The van der Waals surface area contributed by atoms with E-state index >= 15 is 0 Å². The van der Waals surface area contributed by atoms with E-state index in [0.717, 1.165) is 53.8 Å². The Morgan fingerprint density at radius 1 is 1.00 bits per heavy atom. The zero-order chi connectivity index (χ0) is 22.6. The van der Waals surface area contributed by atoms with Crippen LogP contribution in [0.5, 0.6) is 0 Å². The van der Waals surface area contributed by atoms with Gasteiger partial charge in [0.05, 0.1) is 17.8 Å². The Morgan fingerprint density at radius 2 is 1.79 bits per heavy atom. The summed E-state index contributed by atoms with van der Waals surface area (Å²) in [4.78, 5) is 21.7. The van der Waals surface area contributed by atoms with Crippen LogP contribution in [0.2, 0.25) is 0 Å². The fourth-order valence-electron chi connectivity index (χ4n) is 4.41. The van der Waals surface area contributed by atoms with Crippen molar-refractivity contribution in [1.29, 1.82) is 0 Å². The third-order valence-corrected chi connectivity index (χ3v) is 6.02. The number of amides is 1. The minimum atomic E-state index is -0.441. The summed E-state index contributed by atoms with van der Waals surface area (Å²) in [5.41, 5.74) is 5.38. The first-order chi connectivity index (χ1) is 16.2. The van der Waals surface area contributed by atoms with E-state index in [4.69, 9.17) is 16.4 Å². The average Bonchev–Trinajstić information content (AvgIpc) is 3.24. The number of nitrogens with zero attached hydrogens (tertiary/aromatic N) is 3. The van der Waals surface area contributed by atoms with Crippen LogP contribution in [0.4, 0.5) is 5.82 Å². The molecule has 4 aromatic rings. The van der Waals surface area contributed by atoms with E-state index in [9.17, 15) is 4.79 Å². The monoisotopic (exact) mass is 435 g/mol. The number of carbonyl (C=O) groups is 1. The molecule has 2 aromatic heterocycles. The molecule has 164 valence electrons. The number of fused-ring (bicyclic) bond motifs is 2. The van der Waals surface area contributed by atoms with E-state index in [1.807, 2.05) is 53.1 Å². The van der Waals surface area contributed by atoms with E-state index < -0.39 is 5.91 Å². The number of hydrogen-bond acceptors (Lipinski definition) is 4. The highest BCUT2D eigenvalue weighted by atomic mass is 16.1. The van der Waals surface area contributed by atoms with Crippen LogP contribution in [-0.4, -0.2) is 20.4 Å². The number of carbonyl (C=O) groups excluding carboxylic acids is 1. The van der Waals surface area contributed by atoms with E-state index in [1.54, 1.807) is 0 Å². The second kappa shape index (κ2) is 9.17. The number of nitrogens with one attached hydrogen (secondary N) is 2. The number of anilines is 1. The molecular formula is C27H25N5O. The molecule has 1 amide bonds. The highest BCUT2D eigenvalue weighted by molar-refractivity contribution is 5.92. The lowest BCUT2D eigenvalue weighted by Gasteiger charge is -2.21. The van der Waals surface area contributed by atoms with Crippen LogP contribution in [0.1, 0.15) is 35.4 Å². The Morgan fingerprint density at radius 3 is 2.64 bits per heavy atom. The Labute approximate surface area is 193 Å². The fourth-order valence-corrected chi connectivity index (χ4v) is 4.41. The second-order valence-corrected chi connectivity index (χ2v) is 8.20. The van der Waals surface area contributed by atoms with Crippen LogP contribution in [0.25, 0.3) is 16.9 Å². The Hall–Kier alpha value is -4.11. The van der Waals surface area contributed by atoms with Gasteiger partial charge in [-0.3, -0.25) is 9.36 Å². The van der Waals surface area contributed by atoms with Crippen LogP contribution in [0.15, 0.2) is 60.7 Å². The molecule has 33 heavy (non-hydrogen) atoms. The molecule has 0 spiro atoms. The lowest BCUT2D eigenvalue weighted by molar-refractivity contribution is -0.115. The van der Waals surface area contributed by atoms with E-state index in [0.29, 0.717) is 19.0 Å². The van der Waals surface area contributed by atoms with Gasteiger partial charge in [-0.15, -0.1) is 6.42 Å². The highest BCUT2D eigenvalue weighted by Gasteiger charge is 2.21. The summed E-state index contributed by atoms with van der Waals surface area (Å²) < 4.78 is 2.02. The summed E-state index contributed by atoms with van der Waals surface area (Å²) >= 11 is 0. The summed E-state index contributed by atoms with van der Waals surface area (Å²) in [6, 6.07) is 20.4. The molecule has 0 saturated carbocycles. The quantitative estimate of drug-likeness (QED) is 0.446. The van der Waals surface area contributed by atoms with Gasteiger partial charge in [0.15, 0.2) is 0 Å². The zero-order valence-electron chi connectivity index (χ0n) is 18.3. The van der Waals surface area contributed by atoms with Gasteiger partial charge in [-0.05, 0) is 49.3 Å². The highest BCUT2D eigenvalue weighted by Crippen LogP contribution is 2.29. The first kappa shape index (κ1) is 20.8. The molecule has 5 rings (SSSR count). The minimum Gasteiger partial charge on any atom is -0.366 e. The molecule has 1 aliphatic rings. The number of aromatic nitrogens is 3. The van der Waals surface area contributed by atoms with Crippen molar-refractivity contribution in [2.75, 3.05) is 5.32 Å². The van der Waals surface area contributed by atoms with E-state index in [-0.39, 0.29) is 0 Å². The largest absolute Gasteiger partial charge is 0.366 e. The molecule has 0 fully saturated rings. The molecule has 0 radical (unpaired) electrons. The summed E-state index contributed by atoms with van der Waals surface area (Å²) in [5, 5.41) is 7.39. The van der Waals surface area contributed by atoms with Crippen molar-refractivity contribution in [3.63, 3.8) is 0 Å².